The van der Waals surface area contributed by atoms with Crippen molar-refractivity contribution >= 4 is 41.4 Å². The van der Waals surface area contributed by atoms with Gasteiger partial charge in [-0.3, -0.25) is 19.9 Å². The highest BCUT2D eigenvalue weighted by molar-refractivity contribution is 6.31. The summed E-state index contributed by atoms with van der Waals surface area (Å²) in [5, 5.41) is 2.26. The smallest absolute Gasteiger partial charge is 0.280 e. The minimum atomic E-state index is -0.668. The molecule has 0 unspecified atom stereocenters. The van der Waals surface area contributed by atoms with Gasteiger partial charge in [-0.05, 0) is 24.8 Å². The Kier molecular flexibility index (Phi) is 7.07. The van der Waals surface area contributed by atoms with Gasteiger partial charge in [0.1, 0.15) is 6.29 Å². The van der Waals surface area contributed by atoms with Crippen molar-refractivity contribution in [2.24, 2.45) is 10.7 Å². The Balaban J connectivity index is 1.79. The fraction of sp³-hybridized carbons (Fsp3) is 0.235. The van der Waals surface area contributed by atoms with Crippen LogP contribution in [0.5, 0.6) is 0 Å². The van der Waals surface area contributed by atoms with Crippen LogP contribution in [-0.4, -0.2) is 34.7 Å². The van der Waals surface area contributed by atoms with Crippen molar-refractivity contribution in [2.75, 3.05) is 18.0 Å². The lowest BCUT2D eigenvalue weighted by Gasteiger charge is -2.07. The molecule has 142 valence electrons. The van der Waals surface area contributed by atoms with Crippen LogP contribution in [0.1, 0.15) is 39.3 Å². The number of nitrogen functional groups attached to an aromatic ring is 2. The third kappa shape index (κ3) is 5.93. The summed E-state index contributed by atoms with van der Waals surface area (Å²) in [6, 6.07) is 7.41. The maximum absolute atomic E-state index is 12.1. The second-order valence-corrected chi connectivity index (χ2v) is 6.03. The number of hydrogen-bond donors (Lipinski definition) is 4. The quantitative estimate of drug-likeness (QED) is 0.239. The van der Waals surface area contributed by atoms with E-state index in [2.05, 4.69) is 20.3 Å². The van der Waals surface area contributed by atoms with Crippen molar-refractivity contribution < 1.29 is 9.59 Å². The number of amides is 1. The Morgan fingerprint density at radius 2 is 1.85 bits per heavy atom. The Morgan fingerprint density at radius 1 is 1.15 bits per heavy atom. The van der Waals surface area contributed by atoms with E-state index in [1.807, 2.05) is 12.1 Å². The van der Waals surface area contributed by atoms with Gasteiger partial charge in [0, 0.05) is 12.1 Å². The molecule has 1 aromatic carbocycles. The van der Waals surface area contributed by atoms with Crippen LogP contribution in [0, 0.1) is 0 Å². The molecule has 10 heteroatoms. The van der Waals surface area contributed by atoms with E-state index in [1.165, 1.54) is 0 Å². The molecule has 1 aromatic heterocycles. The number of unbranched alkanes of at least 4 members (excludes halogenated alkanes) is 1. The molecular weight excluding hydrogens is 370 g/mol. The Labute approximate surface area is 161 Å². The fourth-order valence-electron chi connectivity index (χ4n) is 2.23. The standard InChI is InChI=1S/C17H20ClN7O2/c18-13-15(20)24-14(19)12(23-13)16(27)25-17(21)22-8-2-1-3-10-4-6-11(9-26)7-5-10/h4-7,9H,1-3,8H2,(H4,19,20,24)(H3,21,22,25,27). The van der Waals surface area contributed by atoms with Crippen molar-refractivity contribution in [3.8, 4) is 0 Å². The van der Waals surface area contributed by atoms with Crippen LogP contribution in [0.15, 0.2) is 29.3 Å². The predicted octanol–water partition coefficient (Wildman–Crippen LogP) is 1.17. The van der Waals surface area contributed by atoms with Gasteiger partial charge in [0.15, 0.2) is 28.4 Å². The molecular formula is C17H20ClN7O2. The molecule has 0 bridgehead atoms. The molecule has 0 spiro atoms. The Bertz CT molecular complexity index is 853. The molecule has 7 N–H and O–H groups in total. The molecule has 0 saturated heterocycles. The molecule has 0 atom stereocenters. The zero-order valence-corrected chi connectivity index (χ0v) is 15.2. The van der Waals surface area contributed by atoms with Gasteiger partial charge >= 0.3 is 0 Å². The predicted molar refractivity (Wildman–Crippen MR) is 105 cm³/mol. The first-order chi connectivity index (χ1) is 12.9. The van der Waals surface area contributed by atoms with Crippen LogP contribution in [0.25, 0.3) is 0 Å². The van der Waals surface area contributed by atoms with Gasteiger partial charge in [-0.15, -0.1) is 0 Å². The first-order valence-electron chi connectivity index (χ1n) is 8.14. The van der Waals surface area contributed by atoms with Crippen molar-refractivity contribution in [3.63, 3.8) is 0 Å². The number of guanidine groups is 1. The number of halogens is 1. The summed E-state index contributed by atoms with van der Waals surface area (Å²) in [5.41, 5.74) is 18.4. The molecule has 0 aliphatic heterocycles. The molecule has 2 aromatic rings. The van der Waals surface area contributed by atoms with E-state index in [1.54, 1.807) is 12.1 Å². The summed E-state index contributed by atoms with van der Waals surface area (Å²) in [6.45, 7) is 0.447. The molecule has 1 heterocycles. The van der Waals surface area contributed by atoms with Gasteiger partial charge in [-0.2, -0.15) is 0 Å². The van der Waals surface area contributed by atoms with Gasteiger partial charge in [-0.25, -0.2) is 9.97 Å². The molecule has 27 heavy (non-hydrogen) atoms. The van der Waals surface area contributed by atoms with E-state index in [0.717, 1.165) is 31.1 Å². The number of carbonyl (C=O) groups is 2. The third-order valence-corrected chi connectivity index (χ3v) is 3.91. The number of aromatic nitrogens is 2. The van der Waals surface area contributed by atoms with Crippen molar-refractivity contribution in [3.05, 3.63) is 46.2 Å². The maximum Gasteiger partial charge on any atom is 0.280 e. The van der Waals surface area contributed by atoms with E-state index in [9.17, 15) is 9.59 Å². The van der Waals surface area contributed by atoms with E-state index in [0.29, 0.717) is 12.1 Å². The lowest BCUT2D eigenvalue weighted by molar-refractivity contribution is 0.0972. The lowest BCUT2D eigenvalue weighted by Crippen LogP contribution is -2.38. The molecule has 2 rings (SSSR count). The van der Waals surface area contributed by atoms with Crippen LogP contribution in [0.4, 0.5) is 11.6 Å². The van der Waals surface area contributed by atoms with E-state index in [4.69, 9.17) is 28.8 Å². The molecule has 0 saturated carbocycles. The van der Waals surface area contributed by atoms with Crippen LogP contribution >= 0.6 is 11.6 Å². The van der Waals surface area contributed by atoms with E-state index < -0.39 is 5.91 Å². The van der Waals surface area contributed by atoms with Gasteiger partial charge < -0.3 is 17.2 Å². The summed E-state index contributed by atoms with van der Waals surface area (Å²) in [4.78, 5) is 34.3. The number of benzene rings is 1. The van der Waals surface area contributed by atoms with Gasteiger partial charge in [0.2, 0.25) is 0 Å². The number of anilines is 2. The number of aryl methyl sites for hydroxylation is 1. The van der Waals surface area contributed by atoms with E-state index in [-0.39, 0.29) is 28.4 Å². The second-order valence-electron chi connectivity index (χ2n) is 5.67. The van der Waals surface area contributed by atoms with Gasteiger partial charge in [-0.1, -0.05) is 35.9 Å². The highest BCUT2D eigenvalue weighted by Crippen LogP contribution is 2.17. The Morgan fingerprint density at radius 3 is 2.52 bits per heavy atom. The van der Waals surface area contributed by atoms with Gasteiger partial charge in [0.05, 0.1) is 0 Å². The Hall–Kier alpha value is -3.20. The largest absolute Gasteiger partial charge is 0.382 e. The summed E-state index contributed by atoms with van der Waals surface area (Å²) in [6.07, 6.45) is 3.34. The number of rotatable bonds is 7. The number of nitrogens with zero attached hydrogens (tertiary/aromatic N) is 3. The third-order valence-electron chi connectivity index (χ3n) is 3.63. The van der Waals surface area contributed by atoms with Crippen LogP contribution < -0.4 is 22.5 Å². The first kappa shape index (κ1) is 20.1. The topological polar surface area (TPSA) is 162 Å². The number of hydrogen-bond acceptors (Lipinski definition) is 7. The SMILES string of the molecule is NC(=NCCCCc1ccc(C=O)cc1)NC(=O)c1nc(Cl)c(N)nc1N. The van der Waals surface area contributed by atoms with E-state index >= 15 is 0 Å². The molecule has 0 fully saturated rings. The maximum atomic E-state index is 12.1. The number of nitrogens with one attached hydrogen (secondary N) is 1. The summed E-state index contributed by atoms with van der Waals surface area (Å²) in [7, 11) is 0. The van der Waals surface area contributed by atoms with Gasteiger partial charge in [0.25, 0.3) is 5.91 Å². The molecule has 1 amide bonds. The summed E-state index contributed by atoms with van der Waals surface area (Å²) >= 11 is 5.74. The molecule has 0 aliphatic rings. The van der Waals surface area contributed by atoms with Crippen molar-refractivity contribution in [1.29, 1.82) is 0 Å². The highest BCUT2D eigenvalue weighted by atomic mass is 35.5. The lowest BCUT2D eigenvalue weighted by atomic mass is 10.1. The number of aldehydes is 1. The second kappa shape index (κ2) is 9.48. The number of nitrogens with two attached hydrogens (primary N) is 3. The number of carbonyl (C=O) groups excluding carboxylic acids is 2. The minimum Gasteiger partial charge on any atom is -0.382 e. The average molecular weight is 390 g/mol. The van der Waals surface area contributed by atoms with Crippen LogP contribution in [0.3, 0.4) is 0 Å². The van der Waals surface area contributed by atoms with Crippen molar-refractivity contribution in [2.45, 2.75) is 19.3 Å². The van der Waals surface area contributed by atoms with Crippen molar-refractivity contribution in [1.82, 2.24) is 15.3 Å². The van der Waals surface area contributed by atoms with Crippen LogP contribution in [-0.2, 0) is 6.42 Å². The first-order valence-corrected chi connectivity index (χ1v) is 8.52. The molecule has 0 radical (unpaired) electrons. The zero-order chi connectivity index (χ0) is 19.8. The highest BCUT2D eigenvalue weighted by Gasteiger charge is 2.16. The zero-order valence-electron chi connectivity index (χ0n) is 14.5. The molecule has 9 nitrogen and oxygen atoms in total. The fourth-order valence-corrected chi connectivity index (χ4v) is 2.35. The monoisotopic (exact) mass is 389 g/mol. The minimum absolute atomic E-state index is 0.0514. The normalized spacial score (nSPS) is 11.2. The molecule has 0 aliphatic carbocycles. The number of aliphatic imine (C=N–C) groups is 1. The summed E-state index contributed by atoms with van der Waals surface area (Å²) in [5.74, 6) is -0.932. The summed E-state index contributed by atoms with van der Waals surface area (Å²) < 4.78 is 0. The average Bonchev–Trinajstić information content (AvgIpc) is 2.64. The van der Waals surface area contributed by atoms with Crippen LogP contribution in [0.2, 0.25) is 5.15 Å².